The third kappa shape index (κ3) is 3.52. The molecule has 0 fully saturated rings. The van der Waals surface area contributed by atoms with Crippen molar-refractivity contribution in [3.8, 4) is 11.3 Å². The van der Waals surface area contributed by atoms with Crippen molar-refractivity contribution < 1.29 is 4.79 Å². The number of rotatable bonds is 3. The van der Waals surface area contributed by atoms with Crippen LogP contribution in [0, 0.1) is 0 Å². The van der Waals surface area contributed by atoms with Crippen molar-refractivity contribution in [3.05, 3.63) is 67.2 Å². The summed E-state index contributed by atoms with van der Waals surface area (Å²) in [6.07, 6.45) is 0. The van der Waals surface area contributed by atoms with E-state index >= 15 is 0 Å². The first-order valence-corrected chi connectivity index (χ1v) is 10.7. The maximum atomic E-state index is 12.6. The minimum Gasteiger partial charge on any atom is -0.297 e. The molecule has 0 aliphatic rings. The first-order valence-electron chi connectivity index (χ1n) is 7.41. The molecule has 1 amide bonds. The largest absolute Gasteiger partial charge is 0.297 e. The zero-order chi connectivity index (χ0) is 18.3. The van der Waals surface area contributed by atoms with Gasteiger partial charge in [0.1, 0.15) is 4.88 Å². The van der Waals surface area contributed by atoms with Crippen LogP contribution in [-0.4, -0.2) is 10.9 Å². The third-order valence-corrected chi connectivity index (χ3v) is 6.84. The average Bonchev–Trinajstić information content (AvgIpc) is 3.20. The minimum atomic E-state index is -0.274. The van der Waals surface area contributed by atoms with E-state index in [0.717, 1.165) is 25.8 Å². The summed E-state index contributed by atoms with van der Waals surface area (Å²) in [4.78, 5) is 17.6. The molecular formula is C18H9BrCl2N2OS2. The molecule has 26 heavy (non-hydrogen) atoms. The predicted molar refractivity (Wildman–Crippen MR) is 115 cm³/mol. The summed E-state index contributed by atoms with van der Waals surface area (Å²) in [5.41, 5.74) is 1.80. The number of carbonyl (C=O) groups excluding carboxylic acids is 1. The van der Waals surface area contributed by atoms with Crippen LogP contribution in [-0.2, 0) is 0 Å². The smallest absolute Gasteiger partial charge is 0.269 e. The van der Waals surface area contributed by atoms with Crippen LogP contribution < -0.4 is 5.32 Å². The molecule has 0 saturated carbocycles. The molecule has 0 radical (unpaired) electrons. The summed E-state index contributed by atoms with van der Waals surface area (Å²) in [6.45, 7) is 0. The standard InChI is InChI=1S/C18H9BrCl2N2OS2/c19-10-3-1-9(2-4-10)13-8-25-18(22-13)23-17(24)16-15(21)12-6-5-11(20)7-14(12)26-16/h1-8H,(H,22,23,24). The molecule has 4 rings (SSSR count). The number of fused-ring (bicyclic) bond motifs is 1. The van der Waals surface area contributed by atoms with E-state index in [1.807, 2.05) is 35.7 Å². The van der Waals surface area contributed by atoms with Gasteiger partial charge in [0.05, 0.1) is 10.7 Å². The summed E-state index contributed by atoms with van der Waals surface area (Å²) in [5, 5.41) is 7.13. The van der Waals surface area contributed by atoms with Crippen LogP contribution in [0.5, 0.6) is 0 Å². The molecule has 2 heterocycles. The van der Waals surface area contributed by atoms with Crippen molar-refractivity contribution >= 4 is 82.9 Å². The van der Waals surface area contributed by atoms with Crippen molar-refractivity contribution in [1.29, 1.82) is 0 Å². The van der Waals surface area contributed by atoms with Crippen molar-refractivity contribution in [3.63, 3.8) is 0 Å². The zero-order valence-corrected chi connectivity index (χ0v) is 17.7. The second-order valence-corrected chi connectivity index (χ2v) is 9.02. The van der Waals surface area contributed by atoms with Gasteiger partial charge in [0.15, 0.2) is 5.13 Å². The first kappa shape index (κ1) is 17.9. The van der Waals surface area contributed by atoms with E-state index in [9.17, 15) is 4.79 Å². The number of carbonyl (C=O) groups is 1. The molecule has 3 nitrogen and oxygen atoms in total. The average molecular weight is 484 g/mol. The van der Waals surface area contributed by atoms with Crippen molar-refractivity contribution in [2.45, 2.75) is 0 Å². The van der Waals surface area contributed by atoms with Crippen LogP contribution >= 0.6 is 61.8 Å². The fourth-order valence-electron chi connectivity index (χ4n) is 2.42. The van der Waals surface area contributed by atoms with Gasteiger partial charge in [0, 0.05) is 30.5 Å². The molecule has 8 heteroatoms. The topological polar surface area (TPSA) is 42.0 Å². The van der Waals surface area contributed by atoms with Crippen LogP contribution in [0.3, 0.4) is 0 Å². The maximum Gasteiger partial charge on any atom is 0.269 e. The van der Waals surface area contributed by atoms with Gasteiger partial charge in [-0.05, 0) is 24.3 Å². The van der Waals surface area contributed by atoms with Gasteiger partial charge in [-0.15, -0.1) is 22.7 Å². The van der Waals surface area contributed by atoms with Gasteiger partial charge < -0.3 is 0 Å². The van der Waals surface area contributed by atoms with E-state index in [-0.39, 0.29) is 5.91 Å². The number of thiazole rings is 1. The van der Waals surface area contributed by atoms with Gasteiger partial charge in [-0.3, -0.25) is 10.1 Å². The highest BCUT2D eigenvalue weighted by Crippen LogP contribution is 2.37. The van der Waals surface area contributed by atoms with Crippen LogP contribution in [0.1, 0.15) is 9.67 Å². The van der Waals surface area contributed by atoms with Crippen molar-refractivity contribution in [2.75, 3.05) is 5.32 Å². The highest BCUT2D eigenvalue weighted by atomic mass is 79.9. The molecule has 4 aromatic rings. The van der Waals surface area contributed by atoms with Crippen molar-refractivity contribution in [1.82, 2.24) is 4.98 Å². The van der Waals surface area contributed by atoms with Gasteiger partial charge in [0.2, 0.25) is 0 Å². The van der Waals surface area contributed by atoms with E-state index in [2.05, 4.69) is 26.2 Å². The van der Waals surface area contributed by atoms with Gasteiger partial charge in [-0.25, -0.2) is 4.98 Å². The highest BCUT2D eigenvalue weighted by molar-refractivity contribution is 9.10. The number of aromatic nitrogens is 1. The number of halogens is 3. The van der Waals surface area contributed by atoms with Crippen LogP contribution in [0.15, 0.2) is 52.3 Å². The Morgan fingerprint density at radius 1 is 1.12 bits per heavy atom. The zero-order valence-electron chi connectivity index (χ0n) is 12.9. The monoisotopic (exact) mass is 482 g/mol. The molecule has 0 unspecified atom stereocenters. The molecule has 0 saturated heterocycles. The Bertz CT molecular complexity index is 1120. The van der Waals surface area contributed by atoms with Crippen LogP contribution in [0.2, 0.25) is 10.0 Å². The van der Waals surface area contributed by atoms with Gasteiger partial charge in [-0.1, -0.05) is 57.3 Å². The molecule has 0 aliphatic heterocycles. The van der Waals surface area contributed by atoms with Gasteiger partial charge >= 0.3 is 0 Å². The number of amides is 1. The van der Waals surface area contributed by atoms with E-state index in [4.69, 9.17) is 23.2 Å². The Kier molecular flexibility index (Phi) is 5.03. The Labute approximate surface area is 175 Å². The Morgan fingerprint density at radius 2 is 1.88 bits per heavy atom. The molecule has 1 N–H and O–H groups in total. The molecule has 0 atom stereocenters. The molecule has 0 bridgehead atoms. The van der Waals surface area contributed by atoms with E-state index in [1.54, 1.807) is 12.1 Å². The Hall–Kier alpha value is -1.44. The van der Waals surface area contributed by atoms with E-state index in [1.165, 1.54) is 22.7 Å². The summed E-state index contributed by atoms with van der Waals surface area (Å²) in [7, 11) is 0. The molecule has 0 aliphatic carbocycles. The lowest BCUT2D eigenvalue weighted by Crippen LogP contribution is -2.10. The van der Waals surface area contributed by atoms with Crippen LogP contribution in [0.4, 0.5) is 5.13 Å². The fraction of sp³-hybridized carbons (Fsp3) is 0. The molecule has 2 aromatic carbocycles. The predicted octanol–water partition coefficient (Wildman–Crippen LogP) is 7.35. The number of nitrogens with zero attached hydrogens (tertiary/aromatic N) is 1. The Balaban J connectivity index is 1.59. The van der Waals surface area contributed by atoms with Crippen molar-refractivity contribution in [2.24, 2.45) is 0 Å². The lowest BCUT2D eigenvalue weighted by molar-refractivity contribution is 0.103. The fourth-order valence-corrected chi connectivity index (χ4v) is 5.09. The maximum absolute atomic E-state index is 12.6. The Morgan fingerprint density at radius 3 is 2.65 bits per heavy atom. The number of anilines is 1. The van der Waals surface area contributed by atoms with Crippen LogP contribution in [0.25, 0.3) is 21.3 Å². The van der Waals surface area contributed by atoms with E-state index < -0.39 is 0 Å². The quantitative estimate of drug-likeness (QED) is 0.331. The SMILES string of the molecule is O=C(Nc1nc(-c2ccc(Br)cc2)cs1)c1sc2cc(Cl)ccc2c1Cl. The molecule has 0 spiro atoms. The number of thiophene rings is 1. The first-order chi connectivity index (χ1) is 12.5. The second-order valence-electron chi connectivity index (χ2n) is 5.38. The molecule has 130 valence electrons. The summed E-state index contributed by atoms with van der Waals surface area (Å²) >= 11 is 18.5. The minimum absolute atomic E-state index is 0.274. The van der Waals surface area contributed by atoms with Gasteiger partial charge in [-0.2, -0.15) is 0 Å². The number of nitrogens with one attached hydrogen (secondary N) is 1. The highest BCUT2D eigenvalue weighted by Gasteiger charge is 2.18. The summed E-state index contributed by atoms with van der Waals surface area (Å²) in [5.74, 6) is -0.274. The lowest BCUT2D eigenvalue weighted by Gasteiger charge is -2.00. The number of benzene rings is 2. The normalized spacial score (nSPS) is 11.0. The lowest BCUT2D eigenvalue weighted by atomic mass is 10.2. The summed E-state index contributed by atoms with van der Waals surface area (Å²) < 4.78 is 1.88. The second kappa shape index (κ2) is 7.29. The van der Waals surface area contributed by atoms with E-state index in [0.29, 0.717) is 20.1 Å². The molecule has 2 aromatic heterocycles. The van der Waals surface area contributed by atoms with Gasteiger partial charge in [0.25, 0.3) is 5.91 Å². The summed E-state index contributed by atoms with van der Waals surface area (Å²) in [6, 6.07) is 13.2. The number of hydrogen-bond donors (Lipinski definition) is 1. The number of hydrogen-bond acceptors (Lipinski definition) is 4. The molecular weight excluding hydrogens is 475 g/mol. The third-order valence-electron chi connectivity index (χ3n) is 3.66.